The lowest BCUT2D eigenvalue weighted by Gasteiger charge is -2.13. The third-order valence-corrected chi connectivity index (χ3v) is 3.55. The first-order chi connectivity index (χ1) is 10.3. The zero-order valence-electron chi connectivity index (χ0n) is 12.7. The molecular formula is C16H25ClN2O3. The van der Waals surface area contributed by atoms with E-state index in [1.165, 1.54) is 0 Å². The average molecular weight is 329 g/mol. The lowest BCUT2D eigenvalue weighted by Crippen LogP contribution is -2.32. The minimum atomic E-state index is -0.178. The summed E-state index contributed by atoms with van der Waals surface area (Å²) in [6.45, 7) is 2.27. The number of halogens is 1. The number of ether oxygens (including phenoxy) is 2. The van der Waals surface area contributed by atoms with Gasteiger partial charge in [-0.05, 0) is 18.4 Å². The van der Waals surface area contributed by atoms with Crippen molar-refractivity contribution in [3.8, 4) is 0 Å². The number of nitrogens with one attached hydrogen (secondary N) is 1. The summed E-state index contributed by atoms with van der Waals surface area (Å²) in [5, 5.41) is 2.83. The molecule has 1 aliphatic rings. The number of hydrogen-bond donors (Lipinski definition) is 2. The SMILES string of the molecule is Cl.NC(CNC(=O)CCOCC1CCCO1)c1ccccc1. The van der Waals surface area contributed by atoms with Crippen LogP contribution >= 0.6 is 12.4 Å². The molecule has 0 spiro atoms. The minimum absolute atomic E-state index is 0. The molecule has 1 saturated heterocycles. The van der Waals surface area contributed by atoms with Gasteiger partial charge in [-0.25, -0.2) is 0 Å². The highest BCUT2D eigenvalue weighted by atomic mass is 35.5. The van der Waals surface area contributed by atoms with Crippen LogP contribution in [0.15, 0.2) is 30.3 Å². The Morgan fingerprint density at radius 2 is 2.18 bits per heavy atom. The molecule has 0 radical (unpaired) electrons. The fourth-order valence-electron chi connectivity index (χ4n) is 2.29. The number of hydrogen-bond acceptors (Lipinski definition) is 4. The Morgan fingerprint density at radius 1 is 1.41 bits per heavy atom. The highest BCUT2D eigenvalue weighted by molar-refractivity contribution is 5.85. The summed E-state index contributed by atoms with van der Waals surface area (Å²) in [5.74, 6) is -0.0336. The van der Waals surface area contributed by atoms with E-state index >= 15 is 0 Å². The van der Waals surface area contributed by atoms with Crippen LogP contribution in [0.25, 0.3) is 0 Å². The maximum Gasteiger partial charge on any atom is 0.222 e. The zero-order valence-corrected chi connectivity index (χ0v) is 13.5. The Morgan fingerprint density at radius 3 is 2.86 bits per heavy atom. The van der Waals surface area contributed by atoms with Crippen LogP contribution in [-0.2, 0) is 14.3 Å². The molecule has 2 atom stereocenters. The van der Waals surface area contributed by atoms with Crippen molar-refractivity contribution in [2.24, 2.45) is 5.73 Å². The Kier molecular flexibility index (Phi) is 9.08. The summed E-state index contributed by atoms with van der Waals surface area (Å²) < 4.78 is 10.9. The first kappa shape index (κ1) is 18.9. The van der Waals surface area contributed by atoms with E-state index in [0.717, 1.165) is 25.0 Å². The number of amides is 1. The van der Waals surface area contributed by atoms with Gasteiger partial charge in [0.2, 0.25) is 5.91 Å². The van der Waals surface area contributed by atoms with E-state index in [-0.39, 0.29) is 30.5 Å². The van der Waals surface area contributed by atoms with Crippen LogP contribution in [0.2, 0.25) is 0 Å². The molecule has 1 aliphatic heterocycles. The van der Waals surface area contributed by atoms with E-state index in [1.807, 2.05) is 30.3 Å². The van der Waals surface area contributed by atoms with Crippen LogP contribution in [-0.4, -0.2) is 38.4 Å². The lowest BCUT2D eigenvalue weighted by atomic mass is 10.1. The van der Waals surface area contributed by atoms with Crippen LogP contribution in [0.5, 0.6) is 0 Å². The molecule has 0 aromatic heterocycles. The first-order valence-corrected chi connectivity index (χ1v) is 7.52. The first-order valence-electron chi connectivity index (χ1n) is 7.52. The molecule has 0 saturated carbocycles. The van der Waals surface area contributed by atoms with E-state index in [1.54, 1.807) is 0 Å². The van der Waals surface area contributed by atoms with Gasteiger partial charge < -0.3 is 20.5 Å². The van der Waals surface area contributed by atoms with Crippen molar-refractivity contribution < 1.29 is 14.3 Å². The van der Waals surface area contributed by atoms with Crippen molar-refractivity contribution in [3.05, 3.63) is 35.9 Å². The van der Waals surface area contributed by atoms with Gasteiger partial charge in [0.05, 0.1) is 19.3 Å². The van der Waals surface area contributed by atoms with Crippen LogP contribution < -0.4 is 11.1 Å². The second kappa shape index (κ2) is 10.6. The molecule has 1 aromatic carbocycles. The molecule has 5 nitrogen and oxygen atoms in total. The molecule has 2 rings (SSSR count). The lowest BCUT2D eigenvalue weighted by molar-refractivity contribution is -0.122. The maximum atomic E-state index is 11.7. The van der Waals surface area contributed by atoms with Crippen LogP contribution in [0.3, 0.4) is 0 Å². The standard InChI is InChI=1S/C16H24N2O3.ClH/c17-15(13-5-2-1-3-6-13)11-18-16(19)8-10-20-12-14-7-4-9-21-14;/h1-3,5-6,14-15H,4,7-12,17H2,(H,18,19);1H. The minimum Gasteiger partial charge on any atom is -0.378 e. The Balaban J connectivity index is 0.00000242. The third kappa shape index (κ3) is 6.75. The molecule has 22 heavy (non-hydrogen) atoms. The molecule has 1 heterocycles. The largest absolute Gasteiger partial charge is 0.378 e. The predicted octanol–water partition coefficient (Wildman–Crippen LogP) is 1.81. The van der Waals surface area contributed by atoms with Gasteiger partial charge in [0.25, 0.3) is 0 Å². The Bertz CT molecular complexity index is 425. The van der Waals surface area contributed by atoms with Gasteiger partial charge >= 0.3 is 0 Å². The molecule has 6 heteroatoms. The van der Waals surface area contributed by atoms with Gasteiger partial charge in [0.1, 0.15) is 0 Å². The fraction of sp³-hybridized carbons (Fsp3) is 0.562. The van der Waals surface area contributed by atoms with Gasteiger partial charge in [-0.3, -0.25) is 4.79 Å². The van der Waals surface area contributed by atoms with Gasteiger partial charge in [0, 0.05) is 25.6 Å². The number of carbonyl (C=O) groups excluding carboxylic acids is 1. The molecule has 1 fully saturated rings. The summed E-state index contributed by atoms with van der Waals surface area (Å²) in [7, 11) is 0. The summed E-state index contributed by atoms with van der Waals surface area (Å²) in [6.07, 6.45) is 2.72. The van der Waals surface area contributed by atoms with Crippen molar-refractivity contribution >= 4 is 18.3 Å². The molecule has 1 aromatic rings. The van der Waals surface area contributed by atoms with Crippen molar-refractivity contribution in [1.29, 1.82) is 0 Å². The van der Waals surface area contributed by atoms with Gasteiger partial charge in [0.15, 0.2) is 0 Å². The Hall–Kier alpha value is -1.14. The summed E-state index contributed by atoms with van der Waals surface area (Å²) in [6, 6.07) is 9.57. The second-order valence-corrected chi connectivity index (χ2v) is 5.28. The zero-order chi connectivity index (χ0) is 14.9. The monoisotopic (exact) mass is 328 g/mol. The molecule has 0 bridgehead atoms. The highest BCUT2D eigenvalue weighted by Gasteiger charge is 2.15. The molecule has 1 amide bonds. The maximum absolute atomic E-state index is 11.7. The number of rotatable bonds is 8. The van der Waals surface area contributed by atoms with E-state index < -0.39 is 0 Å². The highest BCUT2D eigenvalue weighted by Crippen LogP contribution is 2.12. The average Bonchev–Trinajstić information content (AvgIpc) is 3.03. The molecule has 2 unspecified atom stereocenters. The van der Waals surface area contributed by atoms with Crippen molar-refractivity contribution in [3.63, 3.8) is 0 Å². The van der Waals surface area contributed by atoms with Crippen LogP contribution in [0.4, 0.5) is 0 Å². The third-order valence-electron chi connectivity index (χ3n) is 3.55. The topological polar surface area (TPSA) is 73.6 Å². The number of nitrogens with two attached hydrogens (primary N) is 1. The van der Waals surface area contributed by atoms with Gasteiger partial charge in [-0.2, -0.15) is 0 Å². The molecular weight excluding hydrogens is 304 g/mol. The van der Waals surface area contributed by atoms with Crippen molar-refractivity contribution in [2.45, 2.75) is 31.4 Å². The number of benzene rings is 1. The van der Waals surface area contributed by atoms with E-state index in [4.69, 9.17) is 15.2 Å². The quantitative estimate of drug-likeness (QED) is 0.714. The summed E-state index contributed by atoms with van der Waals surface area (Å²) in [5.41, 5.74) is 7.04. The predicted molar refractivity (Wildman–Crippen MR) is 88.0 cm³/mol. The van der Waals surface area contributed by atoms with Crippen LogP contribution in [0.1, 0.15) is 30.9 Å². The van der Waals surface area contributed by atoms with E-state index in [9.17, 15) is 4.79 Å². The van der Waals surface area contributed by atoms with Gasteiger partial charge in [-0.1, -0.05) is 30.3 Å². The molecule has 124 valence electrons. The van der Waals surface area contributed by atoms with E-state index in [0.29, 0.717) is 26.2 Å². The fourth-order valence-corrected chi connectivity index (χ4v) is 2.29. The molecule has 3 N–H and O–H groups in total. The van der Waals surface area contributed by atoms with Crippen molar-refractivity contribution in [1.82, 2.24) is 5.32 Å². The molecule has 0 aliphatic carbocycles. The van der Waals surface area contributed by atoms with Gasteiger partial charge in [-0.15, -0.1) is 12.4 Å². The smallest absolute Gasteiger partial charge is 0.222 e. The Labute approximate surface area is 138 Å². The normalized spacial score (nSPS) is 18.5. The number of carbonyl (C=O) groups is 1. The van der Waals surface area contributed by atoms with Crippen molar-refractivity contribution in [2.75, 3.05) is 26.4 Å². The second-order valence-electron chi connectivity index (χ2n) is 5.28. The van der Waals surface area contributed by atoms with E-state index in [2.05, 4.69) is 5.32 Å². The van der Waals surface area contributed by atoms with Crippen LogP contribution in [0, 0.1) is 0 Å². The summed E-state index contributed by atoms with van der Waals surface area (Å²) in [4.78, 5) is 11.7. The summed E-state index contributed by atoms with van der Waals surface area (Å²) >= 11 is 0.